The first kappa shape index (κ1) is 10.9. The van der Waals surface area contributed by atoms with Crippen molar-refractivity contribution in [3.8, 4) is 0 Å². The smallest absolute Gasteiger partial charge is 0.0753 e. The van der Waals surface area contributed by atoms with Gasteiger partial charge >= 0.3 is 0 Å². The monoisotopic (exact) mass is 234 g/mol. The maximum Gasteiger partial charge on any atom is 0.0753 e. The number of aromatic nitrogens is 2. The van der Waals surface area contributed by atoms with Crippen molar-refractivity contribution in [3.63, 3.8) is 0 Å². The third kappa shape index (κ3) is 1.97. The van der Waals surface area contributed by atoms with Crippen molar-refractivity contribution in [1.29, 1.82) is 0 Å². The van der Waals surface area contributed by atoms with E-state index in [1.54, 1.807) is 0 Å². The highest BCUT2D eigenvalue weighted by molar-refractivity contribution is 5.86. The van der Waals surface area contributed by atoms with E-state index in [1.165, 1.54) is 16.3 Å². The van der Waals surface area contributed by atoms with Gasteiger partial charge in [0.2, 0.25) is 0 Å². The van der Waals surface area contributed by atoms with Crippen molar-refractivity contribution >= 4 is 10.8 Å². The zero-order chi connectivity index (χ0) is 12.4. The molecule has 1 aromatic heterocycles. The Morgan fingerprint density at radius 2 is 1.44 bits per heavy atom. The standard InChI is InChI=1S/C16H14N2/c1-12-14-9-5-6-10-15(14)16(18-17-12)11-13-7-3-2-4-8-13/h2-10H,11H2,1H3. The van der Waals surface area contributed by atoms with Gasteiger partial charge in [-0.2, -0.15) is 10.2 Å². The molecular weight excluding hydrogens is 220 g/mol. The summed E-state index contributed by atoms with van der Waals surface area (Å²) in [5.41, 5.74) is 3.30. The van der Waals surface area contributed by atoms with Crippen LogP contribution >= 0.6 is 0 Å². The predicted molar refractivity (Wildman–Crippen MR) is 73.5 cm³/mol. The van der Waals surface area contributed by atoms with Crippen LogP contribution in [0.5, 0.6) is 0 Å². The van der Waals surface area contributed by atoms with Crippen LogP contribution in [0.3, 0.4) is 0 Å². The molecule has 0 spiro atoms. The van der Waals surface area contributed by atoms with Crippen LogP contribution in [0.2, 0.25) is 0 Å². The fourth-order valence-electron chi connectivity index (χ4n) is 2.21. The van der Waals surface area contributed by atoms with Gasteiger partial charge in [0.05, 0.1) is 11.4 Å². The molecule has 2 nitrogen and oxygen atoms in total. The lowest BCUT2D eigenvalue weighted by Gasteiger charge is -2.06. The number of rotatable bonds is 2. The molecule has 0 bridgehead atoms. The molecule has 2 aromatic carbocycles. The summed E-state index contributed by atoms with van der Waals surface area (Å²) in [6.45, 7) is 2.00. The second-order valence-electron chi connectivity index (χ2n) is 4.44. The van der Waals surface area contributed by atoms with E-state index in [-0.39, 0.29) is 0 Å². The van der Waals surface area contributed by atoms with Crippen molar-refractivity contribution in [1.82, 2.24) is 10.2 Å². The van der Waals surface area contributed by atoms with Gasteiger partial charge in [0.15, 0.2) is 0 Å². The van der Waals surface area contributed by atoms with Crippen LogP contribution in [0.25, 0.3) is 10.8 Å². The van der Waals surface area contributed by atoms with Gasteiger partial charge in [0.1, 0.15) is 0 Å². The van der Waals surface area contributed by atoms with Crippen LogP contribution in [0.15, 0.2) is 54.6 Å². The second kappa shape index (κ2) is 4.57. The first-order valence-corrected chi connectivity index (χ1v) is 6.09. The number of nitrogens with zero attached hydrogens (tertiary/aromatic N) is 2. The van der Waals surface area contributed by atoms with Gasteiger partial charge in [0, 0.05) is 17.2 Å². The highest BCUT2D eigenvalue weighted by Crippen LogP contribution is 2.20. The SMILES string of the molecule is Cc1nnc(Cc2ccccc2)c2ccccc12. The molecule has 3 aromatic rings. The first-order valence-electron chi connectivity index (χ1n) is 6.09. The normalized spacial score (nSPS) is 10.7. The molecule has 1 heterocycles. The molecule has 2 heteroatoms. The maximum absolute atomic E-state index is 4.35. The highest BCUT2D eigenvalue weighted by atomic mass is 15.1. The molecule has 0 saturated carbocycles. The average Bonchev–Trinajstić information content (AvgIpc) is 2.44. The Morgan fingerprint density at radius 3 is 2.22 bits per heavy atom. The summed E-state index contributed by atoms with van der Waals surface area (Å²) in [4.78, 5) is 0. The molecule has 0 radical (unpaired) electrons. The van der Waals surface area contributed by atoms with Crippen LogP contribution in [0, 0.1) is 6.92 Å². The minimum atomic E-state index is 0.828. The third-order valence-electron chi connectivity index (χ3n) is 3.16. The van der Waals surface area contributed by atoms with Crippen molar-refractivity contribution in [2.75, 3.05) is 0 Å². The summed E-state index contributed by atoms with van der Waals surface area (Å²) >= 11 is 0. The number of aryl methyl sites for hydroxylation is 1. The lowest BCUT2D eigenvalue weighted by atomic mass is 10.0. The van der Waals surface area contributed by atoms with Gasteiger partial charge < -0.3 is 0 Å². The van der Waals surface area contributed by atoms with E-state index >= 15 is 0 Å². The predicted octanol–water partition coefficient (Wildman–Crippen LogP) is 3.53. The molecule has 0 aliphatic heterocycles. The zero-order valence-electron chi connectivity index (χ0n) is 10.3. The van der Waals surface area contributed by atoms with E-state index in [0.29, 0.717) is 0 Å². The molecule has 0 N–H and O–H groups in total. The molecule has 0 saturated heterocycles. The van der Waals surface area contributed by atoms with Crippen LogP contribution in [-0.4, -0.2) is 10.2 Å². The molecule has 0 aliphatic rings. The molecule has 88 valence electrons. The van der Waals surface area contributed by atoms with E-state index in [9.17, 15) is 0 Å². The Hall–Kier alpha value is -2.22. The van der Waals surface area contributed by atoms with Gasteiger partial charge in [-0.05, 0) is 12.5 Å². The van der Waals surface area contributed by atoms with Gasteiger partial charge in [-0.1, -0.05) is 54.6 Å². The number of fused-ring (bicyclic) bond motifs is 1. The molecular formula is C16H14N2. The Bertz CT molecular complexity index is 675. The minimum Gasteiger partial charge on any atom is -0.155 e. The molecule has 3 rings (SSSR count). The van der Waals surface area contributed by atoms with Crippen LogP contribution in [0.1, 0.15) is 17.0 Å². The van der Waals surface area contributed by atoms with Crippen LogP contribution in [0.4, 0.5) is 0 Å². The molecule has 0 unspecified atom stereocenters. The van der Waals surface area contributed by atoms with Gasteiger partial charge in [0.25, 0.3) is 0 Å². The minimum absolute atomic E-state index is 0.828. The third-order valence-corrected chi connectivity index (χ3v) is 3.16. The quantitative estimate of drug-likeness (QED) is 0.678. The molecule has 0 atom stereocenters. The van der Waals surface area contributed by atoms with E-state index < -0.39 is 0 Å². The zero-order valence-corrected chi connectivity index (χ0v) is 10.3. The Morgan fingerprint density at radius 1 is 0.778 bits per heavy atom. The average molecular weight is 234 g/mol. The Kier molecular flexibility index (Phi) is 2.77. The van der Waals surface area contributed by atoms with E-state index in [2.05, 4.69) is 52.7 Å². The summed E-state index contributed by atoms with van der Waals surface area (Å²) in [6, 6.07) is 18.7. The maximum atomic E-state index is 4.35. The van der Waals surface area contributed by atoms with Crippen molar-refractivity contribution in [3.05, 3.63) is 71.5 Å². The van der Waals surface area contributed by atoms with E-state index in [0.717, 1.165) is 17.8 Å². The molecule has 0 aliphatic carbocycles. The summed E-state index contributed by atoms with van der Waals surface area (Å²) in [5, 5.41) is 11.0. The summed E-state index contributed by atoms with van der Waals surface area (Å²) in [5.74, 6) is 0. The number of hydrogen-bond donors (Lipinski definition) is 0. The molecule has 18 heavy (non-hydrogen) atoms. The van der Waals surface area contributed by atoms with Crippen LogP contribution < -0.4 is 0 Å². The topological polar surface area (TPSA) is 25.8 Å². The molecule has 0 fully saturated rings. The van der Waals surface area contributed by atoms with Crippen molar-refractivity contribution in [2.24, 2.45) is 0 Å². The fourth-order valence-corrected chi connectivity index (χ4v) is 2.21. The second-order valence-corrected chi connectivity index (χ2v) is 4.44. The van der Waals surface area contributed by atoms with Gasteiger partial charge in [-0.15, -0.1) is 0 Å². The Labute approximate surface area is 106 Å². The highest BCUT2D eigenvalue weighted by Gasteiger charge is 2.06. The molecule has 0 amide bonds. The summed E-state index contributed by atoms with van der Waals surface area (Å²) < 4.78 is 0. The summed E-state index contributed by atoms with van der Waals surface area (Å²) in [7, 11) is 0. The van der Waals surface area contributed by atoms with Gasteiger partial charge in [-0.3, -0.25) is 0 Å². The summed E-state index contributed by atoms with van der Waals surface area (Å²) in [6.07, 6.45) is 0.828. The van der Waals surface area contributed by atoms with E-state index in [4.69, 9.17) is 0 Å². The van der Waals surface area contributed by atoms with Gasteiger partial charge in [-0.25, -0.2) is 0 Å². The number of benzene rings is 2. The van der Waals surface area contributed by atoms with Crippen molar-refractivity contribution < 1.29 is 0 Å². The first-order chi connectivity index (χ1) is 8.84. The Balaban J connectivity index is 2.10. The van der Waals surface area contributed by atoms with E-state index in [1.807, 2.05) is 19.1 Å². The van der Waals surface area contributed by atoms with Crippen molar-refractivity contribution in [2.45, 2.75) is 13.3 Å². The lowest BCUT2D eigenvalue weighted by Crippen LogP contribution is -1.98. The fraction of sp³-hybridized carbons (Fsp3) is 0.125. The number of hydrogen-bond acceptors (Lipinski definition) is 2. The largest absolute Gasteiger partial charge is 0.155 e. The van der Waals surface area contributed by atoms with Crippen LogP contribution in [-0.2, 0) is 6.42 Å². The lowest BCUT2D eigenvalue weighted by molar-refractivity contribution is 0.930.